The summed E-state index contributed by atoms with van der Waals surface area (Å²) in [4.78, 5) is 29.6. The van der Waals surface area contributed by atoms with Gasteiger partial charge in [0, 0.05) is 25.8 Å². The van der Waals surface area contributed by atoms with Crippen LogP contribution in [0.2, 0.25) is 0 Å². The van der Waals surface area contributed by atoms with Crippen molar-refractivity contribution in [3.63, 3.8) is 0 Å². The van der Waals surface area contributed by atoms with Gasteiger partial charge >= 0.3 is 0 Å². The number of rotatable bonds is 11. The molecule has 3 aromatic rings. The fourth-order valence-corrected chi connectivity index (χ4v) is 3.42. The molecule has 0 aliphatic carbocycles. The number of carbonyl (C=O) groups excluding carboxylic acids is 2. The van der Waals surface area contributed by atoms with Crippen LogP contribution in [0.1, 0.15) is 34.2 Å². The third kappa shape index (κ3) is 7.02. The summed E-state index contributed by atoms with van der Waals surface area (Å²) in [6.07, 6.45) is 2.43. The number of aryl methyl sites for hydroxylation is 1. The fourth-order valence-electron chi connectivity index (χ4n) is 3.42. The summed E-state index contributed by atoms with van der Waals surface area (Å²) in [6.45, 7) is 3.02. The highest BCUT2D eigenvalue weighted by Gasteiger charge is 2.23. The normalized spacial score (nSPS) is 10.8. The van der Waals surface area contributed by atoms with Crippen LogP contribution < -0.4 is 0 Å². The fraction of sp³-hybridized carbons (Fsp3) is 0.308. The first-order valence-corrected chi connectivity index (χ1v) is 10.9. The molecule has 33 heavy (non-hydrogen) atoms. The van der Waals surface area contributed by atoms with Crippen LogP contribution in [-0.2, 0) is 29.0 Å². The molecule has 0 fully saturated rings. The van der Waals surface area contributed by atoms with Crippen molar-refractivity contribution < 1.29 is 23.1 Å². The zero-order valence-electron chi connectivity index (χ0n) is 19.0. The van der Waals surface area contributed by atoms with E-state index in [-0.39, 0.29) is 43.8 Å². The van der Waals surface area contributed by atoms with E-state index in [2.05, 4.69) is 6.92 Å². The van der Waals surface area contributed by atoms with Crippen molar-refractivity contribution in [1.82, 2.24) is 9.80 Å². The maximum Gasteiger partial charge on any atom is 0.254 e. The summed E-state index contributed by atoms with van der Waals surface area (Å²) in [7, 11) is 1.55. The molecule has 2 aromatic carbocycles. The van der Waals surface area contributed by atoms with Gasteiger partial charge in [0.2, 0.25) is 5.91 Å². The number of furan rings is 1. The summed E-state index contributed by atoms with van der Waals surface area (Å²) in [5.41, 5.74) is 2.43. The van der Waals surface area contributed by atoms with Crippen LogP contribution in [0.5, 0.6) is 0 Å². The molecular weight excluding hydrogens is 423 g/mol. The van der Waals surface area contributed by atoms with Crippen molar-refractivity contribution >= 4 is 11.8 Å². The number of nitrogens with zero attached hydrogens (tertiary/aromatic N) is 2. The van der Waals surface area contributed by atoms with E-state index in [1.54, 1.807) is 54.7 Å². The minimum Gasteiger partial charge on any atom is -0.467 e. The van der Waals surface area contributed by atoms with Gasteiger partial charge in [0.1, 0.15) is 18.1 Å². The smallest absolute Gasteiger partial charge is 0.254 e. The molecule has 6 nitrogen and oxygen atoms in total. The number of benzene rings is 2. The molecule has 0 saturated carbocycles. The second-order valence-electron chi connectivity index (χ2n) is 7.73. The van der Waals surface area contributed by atoms with Crippen molar-refractivity contribution in [3.05, 3.63) is 95.2 Å². The van der Waals surface area contributed by atoms with E-state index in [0.717, 1.165) is 17.5 Å². The number of hydrogen-bond donors (Lipinski definition) is 0. The zero-order valence-corrected chi connectivity index (χ0v) is 19.0. The third-order valence-corrected chi connectivity index (χ3v) is 5.35. The van der Waals surface area contributed by atoms with Crippen molar-refractivity contribution in [3.8, 4) is 0 Å². The Labute approximate surface area is 193 Å². The Morgan fingerprint density at radius 1 is 0.939 bits per heavy atom. The lowest BCUT2D eigenvalue weighted by Crippen LogP contribution is -2.43. The second-order valence-corrected chi connectivity index (χ2v) is 7.73. The lowest BCUT2D eigenvalue weighted by molar-refractivity contribution is -0.133. The molecule has 1 heterocycles. The second kappa shape index (κ2) is 12.0. The van der Waals surface area contributed by atoms with Crippen LogP contribution in [0.4, 0.5) is 4.39 Å². The van der Waals surface area contributed by atoms with E-state index in [1.807, 2.05) is 12.1 Å². The highest BCUT2D eigenvalue weighted by molar-refractivity contribution is 5.96. The van der Waals surface area contributed by atoms with Crippen LogP contribution in [-0.4, -0.2) is 48.4 Å². The number of carbonyl (C=O) groups is 2. The molecule has 0 saturated heterocycles. The standard InChI is InChI=1S/C26H29FN2O4/c1-3-20-6-10-22(11-7-20)26(31)28(14-16-32-2)19-25(30)29(18-24-5-4-15-33-24)17-21-8-12-23(27)13-9-21/h4-13,15H,3,14,16-19H2,1-2H3. The summed E-state index contributed by atoms with van der Waals surface area (Å²) in [6, 6.07) is 16.9. The van der Waals surface area contributed by atoms with Gasteiger partial charge in [0.15, 0.2) is 0 Å². The maximum atomic E-state index is 13.3. The largest absolute Gasteiger partial charge is 0.467 e. The third-order valence-electron chi connectivity index (χ3n) is 5.35. The molecule has 0 unspecified atom stereocenters. The highest BCUT2D eigenvalue weighted by atomic mass is 19.1. The number of hydrogen-bond acceptors (Lipinski definition) is 4. The van der Waals surface area contributed by atoms with Crippen LogP contribution in [0.15, 0.2) is 71.3 Å². The van der Waals surface area contributed by atoms with E-state index in [1.165, 1.54) is 17.0 Å². The molecule has 7 heteroatoms. The Hall–Kier alpha value is -3.45. The van der Waals surface area contributed by atoms with Gasteiger partial charge in [0.25, 0.3) is 5.91 Å². The van der Waals surface area contributed by atoms with Crippen molar-refractivity contribution in [2.75, 3.05) is 26.8 Å². The zero-order chi connectivity index (χ0) is 23.6. The van der Waals surface area contributed by atoms with Gasteiger partial charge in [-0.1, -0.05) is 31.2 Å². The quantitative estimate of drug-likeness (QED) is 0.435. The van der Waals surface area contributed by atoms with E-state index >= 15 is 0 Å². The van der Waals surface area contributed by atoms with E-state index in [9.17, 15) is 14.0 Å². The van der Waals surface area contributed by atoms with E-state index in [0.29, 0.717) is 17.9 Å². The van der Waals surface area contributed by atoms with E-state index in [4.69, 9.17) is 9.15 Å². The molecule has 3 rings (SSSR count). The predicted molar refractivity (Wildman–Crippen MR) is 123 cm³/mol. The molecule has 0 aliphatic heterocycles. The van der Waals surface area contributed by atoms with Gasteiger partial charge in [-0.2, -0.15) is 0 Å². The first-order chi connectivity index (χ1) is 16.0. The molecule has 0 atom stereocenters. The minimum absolute atomic E-state index is 0.111. The van der Waals surface area contributed by atoms with Gasteiger partial charge in [0.05, 0.1) is 19.4 Å². The summed E-state index contributed by atoms with van der Waals surface area (Å²) in [5.74, 6) is -0.198. The molecule has 0 N–H and O–H groups in total. The number of ether oxygens (including phenoxy) is 1. The summed E-state index contributed by atoms with van der Waals surface area (Å²) < 4.78 is 23.9. The summed E-state index contributed by atoms with van der Waals surface area (Å²) in [5, 5.41) is 0. The molecule has 1 aromatic heterocycles. The van der Waals surface area contributed by atoms with Gasteiger partial charge in [-0.05, 0) is 53.9 Å². The molecule has 0 bridgehead atoms. The van der Waals surface area contributed by atoms with Crippen LogP contribution in [0, 0.1) is 5.82 Å². The average molecular weight is 453 g/mol. The predicted octanol–water partition coefficient (Wildman–Crippen LogP) is 4.30. The van der Waals surface area contributed by atoms with Crippen LogP contribution in [0.25, 0.3) is 0 Å². The number of halogens is 1. The van der Waals surface area contributed by atoms with Crippen molar-refractivity contribution in [1.29, 1.82) is 0 Å². The Balaban J connectivity index is 1.78. The van der Waals surface area contributed by atoms with Crippen LogP contribution in [0.3, 0.4) is 0 Å². The monoisotopic (exact) mass is 452 g/mol. The molecule has 2 amide bonds. The topological polar surface area (TPSA) is 63.0 Å². The minimum atomic E-state index is -0.340. The Morgan fingerprint density at radius 3 is 2.24 bits per heavy atom. The number of methoxy groups -OCH3 is 1. The molecule has 0 spiro atoms. The average Bonchev–Trinajstić information content (AvgIpc) is 3.35. The van der Waals surface area contributed by atoms with Gasteiger partial charge in [-0.25, -0.2) is 4.39 Å². The SMILES string of the molecule is CCc1ccc(C(=O)N(CCOC)CC(=O)N(Cc2ccc(F)cc2)Cc2ccco2)cc1. The summed E-state index contributed by atoms with van der Waals surface area (Å²) >= 11 is 0. The Morgan fingerprint density at radius 2 is 1.64 bits per heavy atom. The van der Waals surface area contributed by atoms with Gasteiger partial charge in [-0.15, -0.1) is 0 Å². The Bertz CT molecular complexity index is 1020. The number of amides is 2. The molecule has 0 aliphatic rings. The lowest BCUT2D eigenvalue weighted by Gasteiger charge is -2.27. The highest BCUT2D eigenvalue weighted by Crippen LogP contribution is 2.14. The van der Waals surface area contributed by atoms with E-state index < -0.39 is 0 Å². The molecule has 0 radical (unpaired) electrons. The maximum absolute atomic E-state index is 13.3. The van der Waals surface area contributed by atoms with Crippen molar-refractivity contribution in [2.24, 2.45) is 0 Å². The van der Waals surface area contributed by atoms with Crippen molar-refractivity contribution in [2.45, 2.75) is 26.4 Å². The Kier molecular flexibility index (Phi) is 8.78. The van der Waals surface area contributed by atoms with Gasteiger partial charge < -0.3 is 19.0 Å². The molecular formula is C26H29FN2O4. The first-order valence-electron chi connectivity index (χ1n) is 10.9. The van der Waals surface area contributed by atoms with Gasteiger partial charge in [-0.3, -0.25) is 9.59 Å². The lowest BCUT2D eigenvalue weighted by atomic mass is 10.1. The van der Waals surface area contributed by atoms with Crippen LogP contribution >= 0.6 is 0 Å². The molecule has 174 valence electrons. The first kappa shape index (κ1) is 24.2.